The number of thioether (sulfide) groups is 1. The first-order chi connectivity index (χ1) is 8.33. The van der Waals surface area contributed by atoms with Gasteiger partial charge in [0.2, 0.25) is 0 Å². The molecule has 1 aliphatic heterocycles. The highest BCUT2D eigenvalue weighted by atomic mass is 32.2. The Balaban J connectivity index is 1.90. The quantitative estimate of drug-likeness (QED) is 0.809. The number of hydrogen-bond acceptors (Lipinski definition) is 3. The van der Waals surface area contributed by atoms with Crippen LogP contribution < -0.4 is 10.2 Å². The molecule has 1 unspecified atom stereocenters. The number of benzene rings is 1. The van der Waals surface area contributed by atoms with Gasteiger partial charge in [0, 0.05) is 29.7 Å². The standard InChI is InChI=1S/C14H22N2S/c1-3-9-15-12-8-10-16(11-12)13-4-6-14(17-2)7-5-13/h4-7,12,15H,3,8-11H2,1-2H3. The van der Waals surface area contributed by atoms with Crippen molar-refractivity contribution in [1.29, 1.82) is 0 Å². The van der Waals surface area contributed by atoms with E-state index in [1.54, 1.807) is 11.8 Å². The molecule has 2 nitrogen and oxygen atoms in total. The molecule has 0 spiro atoms. The molecule has 2 rings (SSSR count). The lowest BCUT2D eigenvalue weighted by molar-refractivity contribution is 0.549. The Morgan fingerprint density at radius 2 is 2.12 bits per heavy atom. The smallest absolute Gasteiger partial charge is 0.0367 e. The van der Waals surface area contributed by atoms with Gasteiger partial charge in [0.05, 0.1) is 0 Å². The number of anilines is 1. The van der Waals surface area contributed by atoms with Crippen molar-refractivity contribution in [3.8, 4) is 0 Å². The van der Waals surface area contributed by atoms with E-state index in [1.165, 1.54) is 30.0 Å². The summed E-state index contributed by atoms with van der Waals surface area (Å²) in [6.45, 7) is 5.70. The average Bonchev–Trinajstić information content (AvgIpc) is 2.85. The molecule has 1 fully saturated rings. The van der Waals surface area contributed by atoms with Gasteiger partial charge in [-0.1, -0.05) is 6.92 Å². The molecule has 0 aromatic heterocycles. The average molecular weight is 250 g/mol. The number of rotatable bonds is 5. The molecule has 0 aliphatic carbocycles. The van der Waals surface area contributed by atoms with Crippen LogP contribution in [-0.2, 0) is 0 Å². The molecule has 1 atom stereocenters. The van der Waals surface area contributed by atoms with Crippen molar-refractivity contribution in [2.24, 2.45) is 0 Å². The molecule has 1 heterocycles. The fourth-order valence-electron chi connectivity index (χ4n) is 2.30. The first kappa shape index (κ1) is 12.8. The maximum atomic E-state index is 3.61. The lowest BCUT2D eigenvalue weighted by atomic mass is 10.2. The molecule has 0 radical (unpaired) electrons. The van der Waals surface area contributed by atoms with Crippen LogP contribution in [0.25, 0.3) is 0 Å². The van der Waals surface area contributed by atoms with Gasteiger partial charge in [-0.05, 0) is 49.9 Å². The van der Waals surface area contributed by atoms with E-state index < -0.39 is 0 Å². The van der Waals surface area contributed by atoms with Crippen LogP contribution in [0.5, 0.6) is 0 Å². The summed E-state index contributed by atoms with van der Waals surface area (Å²) in [5.41, 5.74) is 1.36. The molecule has 1 aliphatic rings. The van der Waals surface area contributed by atoms with Gasteiger partial charge in [-0.15, -0.1) is 11.8 Å². The summed E-state index contributed by atoms with van der Waals surface area (Å²) in [6, 6.07) is 9.59. The first-order valence-corrected chi connectivity index (χ1v) is 7.68. The fraction of sp³-hybridized carbons (Fsp3) is 0.571. The Morgan fingerprint density at radius 1 is 1.35 bits per heavy atom. The second kappa shape index (κ2) is 6.31. The second-order valence-electron chi connectivity index (χ2n) is 4.58. The first-order valence-electron chi connectivity index (χ1n) is 6.46. The lowest BCUT2D eigenvalue weighted by Gasteiger charge is -2.19. The van der Waals surface area contributed by atoms with Gasteiger partial charge in [0.15, 0.2) is 0 Å². The minimum Gasteiger partial charge on any atom is -0.370 e. The van der Waals surface area contributed by atoms with Crippen LogP contribution in [0.15, 0.2) is 29.2 Å². The Hall–Kier alpha value is -0.670. The van der Waals surface area contributed by atoms with E-state index in [0.29, 0.717) is 6.04 Å². The summed E-state index contributed by atoms with van der Waals surface area (Å²) >= 11 is 1.80. The van der Waals surface area contributed by atoms with Gasteiger partial charge in [0.1, 0.15) is 0 Å². The summed E-state index contributed by atoms with van der Waals surface area (Å²) < 4.78 is 0. The molecule has 17 heavy (non-hydrogen) atoms. The highest BCUT2D eigenvalue weighted by molar-refractivity contribution is 7.98. The summed E-state index contributed by atoms with van der Waals surface area (Å²) in [7, 11) is 0. The van der Waals surface area contributed by atoms with Gasteiger partial charge in [0.25, 0.3) is 0 Å². The maximum absolute atomic E-state index is 3.61. The highest BCUT2D eigenvalue weighted by Crippen LogP contribution is 2.23. The number of hydrogen-bond donors (Lipinski definition) is 1. The molecule has 3 heteroatoms. The predicted molar refractivity (Wildman–Crippen MR) is 77.1 cm³/mol. The summed E-state index contributed by atoms with van der Waals surface area (Å²) in [6.07, 6.45) is 4.61. The third-order valence-electron chi connectivity index (χ3n) is 3.31. The van der Waals surface area contributed by atoms with Crippen LogP contribution in [0.1, 0.15) is 19.8 Å². The van der Waals surface area contributed by atoms with E-state index in [1.807, 2.05) is 0 Å². The van der Waals surface area contributed by atoms with E-state index >= 15 is 0 Å². The Morgan fingerprint density at radius 3 is 2.76 bits per heavy atom. The highest BCUT2D eigenvalue weighted by Gasteiger charge is 2.21. The topological polar surface area (TPSA) is 15.3 Å². The number of nitrogens with one attached hydrogen (secondary N) is 1. The normalized spacial score (nSPS) is 19.9. The Bertz CT molecular complexity index is 337. The van der Waals surface area contributed by atoms with Crippen LogP contribution in [0, 0.1) is 0 Å². The minimum absolute atomic E-state index is 0.676. The third kappa shape index (κ3) is 3.39. The SMILES string of the molecule is CCCNC1CCN(c2ccc(SC)cc2)C1. The Kier molecular flexibility index (Phi) is 4.75. The van der Waals surface area contributed by atoms with E-state index in [2.05, 4.69) is 47.7 Å². The van der Waals surface area contributed by atoms with Crippen molar-refractivity contribution < 1.29 is 0 Å². The summed E-state index contributed by atoms with van der Waals surface area (Å²) in [5.74, 6) is 0. The fourth-order valence-corrected chi connectivity index (χ4v) is 2.71. The monoisotopic (exact) mass is 250 g/mol. The molecule has 1 aromatic rings. The lowest BCUT2D eigenvalue weighted by Crippen LogP contribution is -2.32. The van der Waals surface area contributed by atoms with Crippen LogP contribution in [-0.4, -0.2) is 31.9 Å². The van der Waals surface area contributed by atoms with Crippen molar-refractivity contribution in [3.63, 3.8) is 0 Å². The molecule has 0 saturated carbocycles. The Labute approximate surface area is 109 Å². The molecule has 0 bridgehead atoms. The zero-order chi connectivity index (χ0) is 12.1. The maximum Gasteiger partial charge on any atom is 0.0367 e. The molecular formula is C14H22N2S. The van der Waals surface area contributed by atoms with Crippen molar-refractivity contribution in [2.75, 3.05) is 30.8 Å². The van der Waals surface area contributed by atoms with Gasteiger partial charge in [-0.3, -0.25) is 0 Å². The van der Waals surface area contributed by atoms with Gasteiger partial charge >= 0.3 is 0 Å². The van der Waals surface area contributed by atoms with Crippen LogP contribution in [0.3, 0.4) is 0 Å². The second-order valence-corrected chi connectivity index (χ2v) is 5.46. The zero-order valence-corrected chi connectivity index (χ0v) is 11.6. The summed E-state index contributed by atoms with van der Waals surface area (Å²) in [4.78, 5) is 3.82. The van der Waals surface area contributed by atoms with Gasteiger partial charge < -0.3 is 10.2 Å². The van der Waals surface area contributed by atoms with E-state index in [0.717, 1.165) is 13.1 Å². The molecule has 0 amide bonds. The number of nitrogens with zero attached hydrogens (tertiary/aromatic N) is 1. The molecule has 1 saturated heterocycles. The molecule has 1 aromatic carbocycles. The van der Waals surface area contributed by atoms with Crippen LogP contribution in [0.2, 0.25) is 0 Å². The minimum atomic E-state index is 0.676. The van der Waals surface area contributed by atoms with Crippen molar-refractivity contribution in [2.45, 2.75) is 30.7 Å². The zero-order valence-electron chi connectivity index (χ0n) is 10.8. The molecule has 1 N–H and O–H groups in total. The van der Waals surface area contributed by atoms with Crippen molar-refractivity contribution in [3.05, 3.63) is 24.3 Å². The van der Waals surface area contributed by atoms with Crippen molar-refractivity contribution >= 4 is 17.4 Å². The van der Waals surface area contributed by atoms with Crippen molar-refractivity contribution in [1.82, 2.24) is 5.32 Å². The van der Waals surface area contributed by atoms with Crippen LogP contribution >= 0.6 is 11.8 Å². The van der Waals surface area contributed by atoms with Gasteiger partial charge in [-0.2, -0.15) is 0 Å². The third-order valence-corrected chi connectivity index (χ3v) is 4.05. The largest absolute Gasteiger partial charge is 0.370 e. The molecular weight excluding hydrogens is 228 g/mol. The van der Waals surface area contributed by atoms with E-state index in [4.69, 9.17) is 0 Å². The predicted octanol–water partition coefficient (Wildman–Crippen LogP) is 2.99. The van der Waals surface area contributed by atoms with E-state index in [-0.39, 0.29) is 0 Å². The summed E-state index contributed by atoms with van der Waals surface area (Å²) in [5, 5.41) is 3.61. The van der Waals surface area contributed by atoms with E-state index in [9.17, 15) is 0 Å². The molecule has 94 valence electrons. The van der Waals surface area contributed by atoms with Crippen LogP contribution in [0.4, 0.5) is 5.69 Å². The van der Waals surface area contributed by atoms with Gasteiger partial charge in [-0.25, -0.2) is 0 Å².